The van der Waals surface area contributed by atoms with E-state index in [9.17, 15) is 14.7 Å². The van der Waals surface area contributed by atoms with E-state index in [1.165, 1.54) is 40.4 Å². The van der Waals surface area contributed by atoms with E-state index in [2.05, 4.69) is 15.2 Å². The molecule has 210 valence electrons. The SMILES string of the molecule is CCCOc1ccc(C2C(=C(O)c3ccncc3)C(=O)C(=O)N2c2nnc(SCc3ccccc3)s2)cc1OCC. The zero-order valence-corrected chi connectivity index (χ0v) is 24.2. The van der Waals surface area contributed by atoms with Gasteiger partial charge in [0.25, 0.3) is 5.78 Å². The molecule has 4 aromatic rings. The number of ketones is 1. The van der Waals surface area contributed by atoms with Crippen LogP contribution in [0.25, 0.3) is 5.76 Å². The summed E-state index contributed by atoms with van der Waals surface area (Å²) in [5, 5.41) is 20.1. The second-order valence-electron chi connectivity index (χ2n) is 9.02. The highest BCUT2D eigenvalue weighted by Crippen LogP contribution is 2.45. The molecule has 0 bridgehead atoms. The van der Waals surface area contributed by atoms with Gasteiger partial charge in [-0.15, -0.1) is 10.2 Å². The highest BCUT2D eigenvalue weighted by atomic mass is 32.2. The number of aliphatic hydroxyl groups excluding tert-OH is 1. The molecule has 11 heteroatoms. The number of amides is 1. The number of anilines is 1. The second-order valence-corrected chi connectivity index (χ2v) is 11.2. The van der Waals surface area contributed by atoms with Crippen molar-refractivity contribution in [1.29, 1.82) is 0 Å². The fraction of sp³-hybridized carbons (Fsp3) is 0.233. The van der Waals surface area contributed by atoms with Crippen molar-refractivity contribution in [3.63, 3.8) is 0 Å². The van der Waals surface area contributed by atoms with Crippen LogP contribution in [0.2, 0.25) is 0 Å². The molecule has 1 unspecified atom stereocenters. The van der Waals surface area contributed by atoms with E-state index < -0.39 is 17.7 Å². The van der Waals surface area contributed by atoms with Gasteiger partial charge in [-0.2, -0.15) is 0 Å². The second kappa shape index (κ2) is 13.0. The van der Waals surface area contributed by atoms with Crippen LogP contribution < -0.4 is 14.4 Å². The predicted molar refractivity (Wildman–Crippen MR) is 158 cm³/mol. The lowest BCUT2D eigenvalue weighted by Crippen LogP contribution is -2.29. The molecule has 5 rings (SSSR count). The Hall–Kier alpha value is -4.22. The Kier molecular flexibility index (Phi) is 8.95. The molecule has 41 heavy (non-hydrogen) atoms. The zero-order valence-electron chi connectivity index (χ0n) is 22.5. The summed E-state index contributed by atoms with van der Waals surface area (Å²) in [5.41, 5.74) is 1.99. The van der Waals surface area contributed by atoms with Gasteiger partial charge in [0.1, 0.15) is 5.76 Å². The molecule has 0 aliphatic carbocycles. The summed E-state index contributed by atoms with van der Waals surface area (Å²) in [7, 11) is 0. The van der Waals surface area contributed by atoms with Gasteiger partial charge in [-0.3, -0.25) is 19.5 Å². The minimum absolute atomic E-state index is 0.0560. The van der Waals surface area contributed by atoms with Crippen molar-refractivity contribution in [3.05, 3.63) is 95.3 Å². The highest BCUT2D eigenvalue weighted by molar-refractivity contribution is 8.00. The fourth-order valence-electron chi connectivity index (χ4n) is 4.38. The van der Waals surface area contributed by atoms with Crippen LogP contribution >= 0.6 is 23.1 Å². The first-order valence-corrected chi connectivity index (χ1v) is 14.9. The third-order valence-corrected chi connectivity index (χ3v) is 8.38. The fourth-order valence-corrected chi connectivity index (χ4v) is 6.21. The lowest BCUT2D eigenvalue weighted by molar-refractivity contribution is -0.132. The third kappa shape index (κ3) is 6.10. The first-order chi connectivity index (χ1) is 20.0. The van der Waals surface area contributed by atoms with Gasteiger partial charge < -0.3 is 14.6 Å². The minimum Gasteiger partial charge on any atom is -0.507 e. The van der Waals surface area contributed by atoms with Gasteiger partial charge in [0.15, 0.2) is 15.8 Å². The van der Waals surface area contributed by atoms with Crippen molar-refractivity contribution in [1.82, 2.24) is 15.2 Å². The van der Waals surface area contributed by atoms with Crippen LogP contribution in [0.3, 0.4) is 0 Å². The number of nitrogens with zero attached hydrogens (tertiary/aromatic N) is 4. The smallest absolute Gasteiger partial charge is 0.301 e. The Morgan fingerprint density at radius 3 is 2.51 bits per heavy atom. The maximum Gasteiger partial charge on any atom is 0.301 e. The lowest BCUT2D eigenvalue weighted by atomic mass is 9.95. The Morgan fingerprint density at radius 2 is 1.78 bits per heavy atom. The van der Waals surface area contributed by atoms with E-state index in [4.69, 9.17) is 9.47 Å². The number of hydrogen-bond donors (Lipinski definition) is 1. The maximum atomic E-state index is 13.5. The highest BCUT2D eigenvalue weighted by Gasteiger charge is 2.48. The summed E-state index contributed by atoms with van der Waals surface area (Å²) in [6, 6.07) is 17.4. The van der Waals surface area contributed by atoms with Crippen molar-refractivity contribution < 1.29 is 24.2 Å². The molecule has 1 aliphatic heterocycles. The van der Waals surface area contributed by atoms with Crippen LogP contribution in [0, 0.1) is 0 Å². The van der Waals surface area contributed by atoms with E-state index in [1.807, 2.05) is 44.2 Å². The van der Waals surface area contributed by atoms with Crippen molar-refractivity contribution in [2.75, 3.05) is 18.1 Å². The monoisotopic (exact) mass is 588 g/mol. The van der Waals surface area contributed by atoms with Crippen LogP contribution in [0.5, 0.6) is 11.5 Å². The van der Waals surface area contributed by atoms with Gasteiger partial charge in [0, 0.05) is 23.7 Å². The minimum atomic E-state index is -0.970. The lowest BCUT2D eigenvalue weighted by Gasteiger charge is -2.23. The first-order valence-electron chi connectivity index (χ1n) is 13.1. The number of aromatic nitrogens is 3. The van der Waals surface area contributed by atoms with Crippen LogP contribution in [0.1, 0.15) is 43.0 Å². The summed E-state index contributed by atoms with van der Waals surface area (Å²) in [6.07, 6.45) is 3.84. The van der Waals surface area contributed by atoms with Gasteiger partial charge >= 0.3 is 5.91 Å². The molecule has 1 fully saturated rings. The van der Waals surface area contributed by atoms with Crippen molar-refractivity contribution >= 4 is 45.7 Å². The molecule has 9 nitrogen and oxygen atoms in total. The van der Waals surface area contributed by atoms with Crippen molar-refractivity contribution in [2.45, 2.75) is 36.4 Å². The topological polar surface area (TPSA) is 115 Å². The van der Waals surface area contributed by atoms with E-state index in [0.717, 1.165) is 12.0 Å². The molecular formula is C30H28N4O5S2. The predicted octanol–water partition coefficient (Wildman–Crippen LogP) is 6.04. The normalized spacial score (nSPS) is 16.2. The zero-order chi connectivity index (χ0) is 28.8. The quantitative estimate of drug-likeness (QED) is 0.0736. The summed E-state index contributed by atoms with van der Waals surface area (Å²) in [6.45, 7) is 4.77. The number of aliphatic hydroxyl groups is 1. The number of ether oxygens (including phenoxy) is 2. The Bertz CT molecular complexity index is 1560. The molecule has 1 saturated heterocycles. The Labute approximate surface area is 245 Å². The number of benzene rings is 2. The van der Waals surface area contributed by atoms with Gasteiger partial charge in [-0.1, -0.05) is 66.4 Å². The molecule has 1 amide bonds. The maximum absolute atomic E-state index is 13.5. The average molecular weight is 589 g/mol. The van der Waals surface area contributed by atoms with Crippen molar-refractivity contribution in [3.8, 4) is 11.5 Å². The van der Waals surface area contributed by atoms with Gasteiger partial charge in [-0.25, -0.2) is 0 Å². The number of rotatable bonds is 11. The Morgan fingerprint density at radius 1 is 1.00 bits per heavy atom. The van der Waals surface area contributed by atoms with Gasteiger partial charge in [0.2, 0.25) is 5.13 Å². The number of pyridine rings is 1. The van der Waals surface area contributed by atoms with Crippen LogP contribution in [-0.4, -0.2) is 45.2 Å². The molecule has 1 atom stereocenters. The first kappa shape index (κ1) is 28.3. The molecule has 1 aliphatic rings. The number of carbonyl (C=O) groups excluding carboxylic acids is 2. The van der Waals surface area contributed by atoms with Crippen LogP contribution in [-0.2, 0) is 15.3 Å². The van der Waals surface area contributed by atoms with E-state index in [-0.39, 0.29) is 16.5 Å². The molecule has 0 saturated carbocycles. The standard InChI is InChI=1S/C30H28N4O5S2/c1-3-16-39-22-11-10-21(17-23(22)38-4-2)25-24(26(35)20-12-14-31-15-13-20)27(36)28(37)34(25)29-32-33-30(41-29)40-18-19-8-6-5-7-9-19/h5-15,17,25,35H,3-4,16,18H2,1-2H3. The number of Topliss-reactive ketones (excluding diaryl/α,β-unsaturated/α-hetero) is 1. The Balaban J connectivity index is 1.58. The third-order valence-electron chi connectivity index (χ3n) is 6.25. The van der Waals surface area contributed by atoms with E-state index >= 15 is 0 Å². The van der Waals surface area contributed by atoms with Crippen LogP contribution in [0.15, 0.2) is 83.0 Å². The largest absolute Gasteiger partial charge is 0.507 e. The molecule has 0 spiro atoms. The average Bonchev–Trinajstić information content (AvgIpc) is 3.58. The van der Waals surface area contributed by atoms with Gasteiger partial charge in [0.05, 0.1) is 24.8 Å². The number of thioether (sulfide) groups is 1. The van der Waals surface area contributed by atoms with E-state index in [0.29, 0.717) is 45.9 Å². The summed E-state index contributed by atoms with van der Waals surface area (Å²) >= 11 is 2.71. The summed E-state index contributed by atoms with van der Waals surface area (Å²) in [5.74, 6) is -0.210. The van der Waals surface area contributed by atoms with Crippen molar-refractivity contribution in [2.24, 2.45) is 0 Å². The molecule has 3 heterocycles. The summed E-state index contributed by atoms with van der Waals surface area (Å²) in [4.78, 5) is 32.3. The number of carbonyl (C=O) groups is 2. The molecule has 2 aromatic carbocycles. The number of hydrogen-bond acceptors (Lipinski definition) is 10. The van der Waals surface area contributed by atoms with Crippen LogP contribution in [0.4, 0.5) is 5.13 Å². The van der Waals surface area contributed by atoms with Gasteiger partial charge in [-0.05, 0) is 48.7 Å². The molecule has 1 N–H and O–H groups in total. The molecule has 2 aromatic heterocycles. The van der Waals surface area contributed by atoms with E-state index in [1.54, 1.807) is 30.3 Å². The molecular weight excluding hydrogens is 560 g/mol. The summed E-state index contributed by atoms with van der Waals surface area (Å²) < 4.78 is 12.4. The molecule has 0 radical (unpaired) electrons.